The number of rotatable bonds is 3. The largest absolute Gasteiger partial charge is 0.331 e. The van der Waals surface area contributed by atoms with Gasteiger partial charge in [-0.2, -0.15) is 0 Å². The first-order chi connectivity index (χ1) is 5.58. The van der Waals surface area contributed by atoms with Gasteiger partial charge in [-0.3, -0.25) is 9.41 Å². The van der Waals surface area contributed by atoms with E-state index in [1.165, 1.54) is 19.8 Å². The molecule has 0 aliphatic heterocycles. The molecule has 0 rings (SSSR count). The molecule has 2 unspecified atom stereocenters. The molecular formula is C7H16NO3P. The van der Waals surface area contributed by atoms with Gasteiger partial charge in [0.2, 0.25) is 0 Å². The fourth-order valence-corrected chi connectivity index (χ4v) is 0.517. The van der Waals surface area contributed by atoms with E-state index in [1.807, 2.05) is 0 Å². The van der Waals surface area contributed by atoms with Crippen molar-refractivity contribution in [3.8, 4) is 0 Å². The monoisotopic (exact) mass is 193 g/mol. The number of nitrogens with zero attached hydrogens (tertiary/aromatic N) is 1. The molecule has 0 aliphatic rings. The summed E-state index contributed by atoms with van der Waals surface area (Å²) in [6.45, 7) is 12.0. The van der Waals surface area contributed by atoms with Crippen molar-refractivity contribution < 1.29 is 14.0 Å². The minimum Gasteiger partial charge on any atom is -0.326 e. The van der Waals surface area contributed by atoms with Crippen LogP contribution in [0.25, 0.3) is 4.85 Å². The molecule has 0 bridgehead atoms. The Morgan fingerprint density at radius 2 is 2.00 bits per heavy atom. The molecule has 4 nitrogen and oxygen atoms in total. The molecule has 5 heteroatoms. The van der Waals surface area contributed by atoms with Crippen LogP contribution in [-0.4, -0.2) is 11.1 Å². The molecule has 0 fully saturated rings. The summed E-state index contributed by atoms with van der Waals surface area (Å²) < 4.78 is 13.9. The second kappa shape index (κ2) is 10.6. The van der Waals surface area contributed by atoms with E-state index < -0.39 is 14.5 Å². The second-order valence-corrected chi connectivity index (χ2v) is 2.88. The van der Waals surface area contributed by atoms with E-state index in [0.717, 1.165) is 0 Å². The molecule has 0 spiro atoms. The number of hydrogen-bond acceptors (Lipinski definition) is 2. The molecule has 0 amide bonds. The Bertz CT molecular complexity index is 153. The standard InChI is InChI=1S/C4H10.C3H6NO3P/c1-3-4-2;1-3(4-2)7-8(5)6/h3-4H2,1-2H3;3,8H,1H3,(H,5,6). The Kier molecular flexibility index (Phi) is 12.6. The summed E-state index contributed by atoms with van der Waals surface area (Å²) in [5.74, 6) is 0. The quantitative estimate of drug-likeness (QED) is 0.553. The van der Waals surface area contributed by atoms with E-state index in [-0.39, 0.29) is 0 Å². The fourth-order valence-electron chi connectivity index (χ4n) is 0.172. The second-order valence-electron chi connectivity index (χ2n) is 2.11. The summed E-state index contributed by atoms with van der Waals surface area (Å²) in [4.78, 5) is 10.9. The molecular weight excluding hydrogens is 177 g/mol. The van der Waals surface area contributed by atoms with Gasteiger partial charge in [0, 0.05) is 6.92 Å². The van der Waals surface area contributed by atoms with Crippen molar-refractivity contribution in [2.45, 2.75) is 39.8 Å². The first-order valence-electron chi connectivity index (χ1n) is 3.84. The van der Waals surface area contributed by atoms with E-state index in [2.05, 4.69) is 23.2 Å². The van der Waals surface area contributed by atoms with Crippen LogP contribution in [0.3, 0.4) is 0 Å². The lowest BCUT2D eigenvalue weighted by Gasteiger charge is -1.93. The molecule has 72 valence electrons. The normalized spacial score (nSPS) is 13.6. The average Bonchev–Trinajstić information content (AvgIpc) is 2.04. The zero-order chi connectivity index (χ0) is 9.98. The van der Waals surface area contributed by atoms with Crippen molar-refractivity contribution in [1.29, 1.82) is 0 Å². The molecule has 0 saturated heterocycles. The van der Waals surface area contributed by atoms with Gasteiger partial charge in [-0.25, -0.2) is 11.1 Å². The minimum atomic E-state index is -2.91. The van der Waals surface area contributed by atoms with Gasteiger partial charge in [-0.05, 0) is 0 Å². The Balaban J connectivity index is 0. The van der Waals surface area contributed by atoms with E-state index in [4.69, 9.17) is 11.5 Å². The first-order valence-corrected chi connectivity index (χ1v) is 5.10. The fraction of sp³-hybridized carbons (Fsp3) is 0.857. The maximum absolute atomic E-state index is 9.79. The molecule has 0 aromatic rings. The molecule has 0 aromatic carbocycles. The average molecular weight is 193 g/mol. The Morgan fingerprint density at radius 3 is 2.08 bits per heavy atom. The van der Waals surface area contributed by atoms with Crippen molar-refractivity contribution in [3.63, 3.8) is 0 Å². The van der Waals surface area contributed by atoms with Gasteiger partial charge in [-0.15, -0.1) is 0 Å². The molecule has 2 atom stereocenters. The van der Waals surface area contributed by atoms with Crippen molar-refractivity contribution in [2.24, 2.45) is 0 Å². The Morgan fingerprint density at radius 1 is 1.58 bits per heavy atom. The van der Waals surface area contributed by atoms with Gasteiger partial charge >= 0.3 is 14.5 Å². The van der Waals surface area contributed by atoms with E-state index >= 15 is 0 Å². The van der Waals surface area contributed by atoms with Crippen LogP contribution >= 0.6 is 8.25 Å². The van der Waals surface area contributed by atoms with E-state index in [9.17, 15) is 4.57 Å². The van der Waals surface area contributed by atoms with Crippen LogP contribution in [0.1, 0.15) is 33.6 Å². The van der Waals surface area contributed by atoms with Gasteiger partial charge in [0.1, 0.15) is 0 Å². The molecule has 1 N–H and O–H groups in total. The highest BCUT2D eigenvalue weighted by Gasteiger charge is 2.04. The summed E-state index contributed by atoms with van der Waals surface area (Å²) in [5, 5.41) is 0. The number of unbranched alkanes of at least 4 members (excludes halogenated alkanes) is 1. The molecule has 0 radical (unpaired) electrons. The van der Waals surface area contributed by atoms with E-state index in [1.54, 1.807) is 0 Å². The maximum Gasteiger partial charge on any atom is 0.331 e. The highest BCUT2D eigenvalue weighted by molar-refractivity contribution is 7.32. The molecule has 0 aliphatic carbocycles. The van der Waals surface area contributed by atoms with Crippen molar-refractivity contribution >= 4 is 8.25 Å². The molecule has 12 heavy (non-hydrogen) atoms. The van der Waals surface area contributed by atoms with Gasteiger partial charge in [-0.1, -0.05) is 26.7 Å². The van der Waals surface area contributed by atoms with Crippen molar-refractivity contribution in [2.75, 3.05) is 0 Å². The third-order valence-corrected chi connectivity index (χ3v) is 1.50. The van der Waals surface area contributed by atoms with Gasteiger partial charge < -0.3 is 4.89 Å². The number of hydrogen-bond donors (Lipinski definition) is 1. The maximum atomic E-state index is 9.79. The summed E-state index contributed by atoms with van der Waals surface area (Å²) >= 11 is 0. The lowest BCUT2D eigenvalue weighted by atomic mass is 10.4. The lowest BCUT2D eigenvalue weighted by Crippen LogP contribution is -1.93. The van der Waals surface area contributed by atoms with Gasteiger partial charge in [0.15, 0.2) is 0 Å². The molecule has 0 aromatic heterocycles. The SMILES string of the molecule is CCCC.[C-]#[N+]C(C)O[PH](=O)O. The zero-order valence-electron chi connectivity index (χ0n) is 7.70. The van der Waals surface area contributed by atoms with Crippen LogP contribution in [0, 0.1) is 6.57 Å². The van der Waals surface area contributed by atoms with Crippen LogP contribution in [-0.2, 0) is 9.09 Å². The minimum absolute atomic E-state index is 0.800. The third-order valence-electron chi connectivity index (χ3n) is 0.953. The highest BCUT2D eigenvalue weighted by Crippen LogP contribution is 2.17. The zero-order valence-corrected chi connectivity index (χ0v) is 8.70. The summed E-state index contributed by atoms with van der Waals surface area (Å²) in [6, 6.07) is 0. The van der Waals surface area contributed by atoms with Crippen LogP contribution < -0.4 is 0 Å². The summed E-state index contributed by atoms with van der Waals surface area (Å²) in [7, 11) is -2.91. The van der Waals surface area contributed by atoms with E-state index in [0.29, 0.717) is 0 Å². The topological polar surface area (TPSA) is 50.9 Å². The van der Waals surface area contributed by atoms with Crippen LogP contribution in [0.4, 0.5) is 0 Å². The van der Waals surface area contributed by atoms with Gasteiger partial charge in [0.05, 0.1) is 0 Å². The smallest absolute Gasteiger partial charge is 0.326 e. The first kappa shape index (κ1) is 14.2. The van der Waals surface area contributed by atoms with Crippen LogP contribution in [0.15, 0.2) is 0 Å². The molecule has 0 saturated carbocycles. The lowest BCUT2D eigenvalue weighted by molar-refractivity contribution is 0.243. The van der Waals surface area contributed by atoms with Crippen molar-refractivity contribution in [3.05, 3.63) is 11.4 Å². The predicted octanol–water partition coefficient (Wildman–Crippen LogP) is 2.46. The Labute approximate surface area is 74.3 Å². The highest BCUT2D eigenvalue weighted by atomic mass is 31.1. The van der Waals surface area contributed by atoms with Gasteiger partial charge in [0.25, 0.3) is 0 Å². The summed E-state index contributed by atoms with van der Waals surface area (Å²) in [5.41, 5.74) is 0. The predicted molar refractivity (Wildman–Crippen MR) is 49.0 cm³/mol. The van der Waals surface area contributed by atoms with Crippen LogP contribution in [0.5, 0.6) is 0 Å². The van der Waals surface area contributed by atoms with Crippen molar-refractivity contribution in [1.82, 2.24) is 0 Å². The summed E-state index contributed by atoms with van der Waals surface area (Å²) in [6.07, 6.45) is 1.84. The van der Waals surface area contributed by atoms with Crippen LogP contribution in [0.2, 0.25) is 0 Å². The Hall–Kier alpha value is -0.360. The third kappa shape index (κ3) is 16.3. The molecule has 0 heterocycles.